The summed E-state index contributed by atoms with van der Waals surface area (Å²) in [5.74, 6) is 1.83. The van der Waals surface area contributed by atoms with Gasteiger partial charge in [0.05, 0.1) is 11.2 Å². The van der Waals surface area contributed by atoms with Crippen molar-refractivity contribution in [3.8, 4) is 0 Å². The third kappa shape index (κ3) is 3.74. The third-order valence-electron chi connectivity index (χ3n) is 5.02. The largest absolute Gasteiger partial charge is 0.338 e. The number of likely N-dealkylation sites (tertiary alicyclic amines) is 1. The van der Waals surface area contributed by atoms with Crippen LogP contribution < -0.4 is 5.32 Å². The number of aromatic nitrogens is 3. The maximum absolute atomic E-state index is 12.9. The second-order valence-corrected chi connectivity index (χ2v) is 7.17. The molecule has 0 radical (unpaired) electrons. The fourth-order valence-corrected chi connectivity index (χ4v) is 3.46. The van der Waals surface area contributed by atoms with E-state index in [2.05, 4.69) is 27.2 Å². The van der Waals surface area contributed by atoms with Crippen molar-refractivity contribution < 1.29 is 4.79 Å². The van der Waals surface area contributed by atoms with Crippen LogP contribution in [0.3, 0.4) is 0 Å². The Balaban J connectivity index is 1.61. The first kappa shape index (κ1) is 17.4. The number of hydrogen-bond acceptors (Lipinski definition) is 5. The molecule has 27 heavy (non-hydrogen) atoms. The van der Waals surface area contributed by atoms with Crippen LogP contribution in [0.1, 0.15) is 36.1 Å². The average molecular weight is 361 g/mol. The number of piperidine rings is 1. The van der Waals surface area contributed by atoms with Gasteiger partial charge in [0.1, 0.15) is 17.3 Å². The average Bonchev–Trinajstić information content (AvgIpc) is 2.68. The first-order valence-corrected chi connectivity index (χ1v) is 9.36. The van der Waals surface area contributed by atoms with Gasteiger partial charge >= 0.3 is 0 Å². The predicted octanol–water partition coefficient (Wildman–Crippen LogP) is 3.95. The van der Waals surface area contributed by atoms with Gasteiger partial charge in [-0.2, -0.15) is 0 Å². The van der Waals surface area contributed by atoms with E-state index >= 15 is 0 Å². The van der Waals surface area contributed by atoms with Crippen LogP contribution in [-0.2, 0) is 0 Å². The van der Waals surface area contributed by atoms with E-state index in [1.54, 1.807) is 12.3 Å². The SMILES string of the molecule is Cc1nc(Nc2cccc3cccnc23)cc(C(=O)N2CCC(C)CC2)n1. The molecule has 0 atom stereocenters. The molecule has 0 unspecified atom stereocenters. The number of amides is 1. The van der Waals surface area contributed by atoms with Gasteiger partial charge in [-0.05, 0) is 37.8 Å². The molecule has 0 saturated carbocycles. The Bertz CT molecular complexity index is 974. The lowest BCUT2D eigenvalue weighted by molar-refractivity contribution is 0.0691. The van der Waals surface area contributed by atoms with Crippen LogP contribution >= 0.6 is 0 Å². The molecule has 0 aliphatic carbocycles. The number of fused-ring (bicyclic) bond motifs is 1. The molecule has 6 heteroatoms. The van der Waals surface area contributed by atoms with E-state index in [4.69, 9.17) is 0 Å². The highest BCUT2D eigenvalue weighted by Crippen LogP contribution is 2.24. The maximum atomic E-state index is 12.9. The lowest BCUT2D eigenvalue weighted by Gasteiger charge is -2.30. The quantitative estimate of drug-likeness (QED) is 0.765. The second kappa shape index (κ2) is 7.31. The van der Waals surface area contributed by atoms with Gasteiger partial charge in [0, 0.05) is 30.7 Å². The molecule has 4 rings (SSSR count). The van der Waals surface area contributed by atoms with Gasteiger partial charge in [-0.15, -0.1) is 0 Å². The van der Waals surface area contributed by atoms with Crippen molar-refractivity contribution in [1.82, 2.24) is 19.9 Å². The first-order chi connectivity index (χ1) is 13.1. The van der Waals surface area contributed by atoms with E-state index in [1.165, 1.54) is 0 Å². The van der Waals surface area contributed by atoms with E-state index < -0.39 is 0 Å². The molecule has 3 aromatic rings. The number of para-hydroxylation sites is 1. The Morgan fingerprint density at radius 3 is 2.74 bits per heavy atom. The Morgan fingerprint density at radius 2 is 1.93 bits per heavy atom. The third-order valence-corrected chi connectivity index (χ3v) is 5.02. The summed E-state index contributed by atoms with van der Waals surface area (Å²) in [4.78, 5) is 28.1. The minimum Gasteiger partial charge on any atom is -0.338 e. The number of carbonyl (C=O) groups excluding carboxylic acids is 1. The topological polar surface area (TPSA) is 71.0 Å². The number of nitrogens with zero attached hydrogens (tertiary/aromatic N) is 4. The summed E-state index contributed by atoms with van der Waals surface area (Å²) in [6.07, 6.45) is 3.86. The van der Waals surface area contributed by atoms with Crippen LogP contribution in [0.15, 0.2) is 42.6 Å². The smallest absolute Gasteiger partial charge is 0.272 e. The van der Waals surface area contributed by atoms with Crippen LogP contribution in [0.4, 0.5) is 11.5 Å². The molecule has 1 saturated heterocycles. The number of aryl methyl sites for hydroxylation is 1. The van der Waals surface area contributed by atoms with Crippen molar-refractivity contribution >= 4 is 28.3 Å². The van der Waals surface area contributed by atoms with Crippen LogP contribution in [0.25, 0.3) is 10.9 Å². The maximum Gasteiger partial charge on any atom is 0.272 e. The molecular weight excluding hydrogens is 338 g/mol. The highest BCUT2D eigenvalue weighted by molar-refractivity contribution is 5.94. The first-order valence-electron chi connectivity index (χ1n) is 9.36. The highest BCUT2D eigenvalue weighted by atomic mass is 16.2. The summed E-state index contributed by atoms with van der Waals surface area (Å²) < 4.78 is 0. The summed E-state index contributed by atoms with van der Waals surface area (Å²) in [7, 11) is 0. The fraction of sp³-hybridized carbons (Fsp3) is 0.333. The van der Waals surface area contributed by atoms with E-state index in [-0.39, 0.29) is 5.91 Å². The lowest BCUT2D eigenvalue weighted by atomic mass is 9.99. The standard InChI is InChI=1S/C21H23N5O/c1-14-8-11-26(12-9-14)21(27)18-13-19(24-15(2)23-18)25-17-7-3-5-16-6-4-10-22-20(16)17/h3-7,10,13-14H,8-9,11-12H2,1-2H3,(H,23,24,25). The monoisotopic (exact) mass is 361 g/mol. The van der Waals surface area contributed by atoms with Gasteiger partial charge in [0.2, 0.25) is 0 Å². The van der Waals surface area contributed by atoms with Gasteiger partial charge in [-0.1, -0.05) is 25.1 Å². The van der Waals surface area contributed by atoms with Crippen LogP contribution in [0, 0.1) is 12.8 Å². The number of anilines is 2. The molecule has 0 bridgehead atoms. The normalized spacial score (nSPS) is 15.1. The molecule has 2 aromatic heterocycles. The van der Waals surface area contributed by atoms with Crippen molar-refractivity contribution in [1.29, 1.82) is 0 Å². The number of pyridine rings is 1. The molecule has 0 spiro atoms. The molecule has 1 fully saturated rings. The molecule has 1 aliphatic heterocycles. The lowest BCUT2D eigenvalue weighted by Crippen LogP contribution is -2.38. The Kier molecular flexibility index (Phi) is 4.71. The van der Waals surface area contributed by atoms with Crippen LogP contribution in [0.2, 0.25) is 0 Å². The minimum atomic E-state index is -0.0218. The van der Waals surface area contributed by atoms with Crippen molar-refractivity contribution in [3.05, 3.63) is 54.1 Å². The zero-order valence-electron chi connectivity index (χ0n) is 15.6. The number of nitrogens with one attached hydrogen (secondary N) is 1. The van der Waals surface area contributed by atoms with Crippen LogP contribution in [-0.4, -0.2) is 38.8 Å². The summed E-state index contributed by atoms with van der Waals surface area (Å²) in [6, 6.07) is 11.6. The van der Waals surface area contributed by atoms with Gasteiger partial charge in [-0.3, -0.25) is 9.78 Å². The molecule has 1 amide bonds. The summed E-state index contributed by atoms with van der Waals surface area (Å²) >= 11 is 0. The number of carbonyl (C=O) groups is 1. The molecule has 138 valence electrons. The van der Waals surface area contributed by atoms with Crippen molar-refractivity contribution in [2.75, 3.05) is 18.4 Å². The summed E-state index contributed by atoms with van der Waals surface area (Å²) in [5, 5.41) is 4.36. The Labute approximate surface area is 158 Å². The van der Waals surface area contributed by atoms with E-state index in [0.717, 1.165) is 42.5 Å². The Hall–Kier alpha value is -3.02. The van der Waals surface area contributed by atoms with E-state index in [1.807, 2.05) is 42.2 Å². The highest BCUT2D eigenvalue weighted by Gasteiger charge is 2.23. The molecule has 1 aromatic carbocycles. The van der Waals surface area contributed by atoms with E-state index in [0.29, 0.717) is 23.3 Å². The van der Waals surface area contributed by atoms with Crippen molar-refractivity contribution in [3.63, 3.8) is 0 Å². The second-order valence-electron chi connectivity index (χ2n) is 7.17. The molecule has 6 nitrogen and oxygen atoms in total. The van der Waals surface area contributed by atoms with Crippen molar-refractivity contribution in [2.24, 2.45) is 5.92 Å². The molecular formula is C21H23N5O. The zero-order chi connectivity index (χ0) is 18.8. The fourth-order valence-electron chi connectivity index (χ4n) is 3.46. The Morgan fingerprint density at radius 1 is 1.15 bits per heavy atom. The molecule has 1 aliphatic rings. The summed E-state index contributed by atoms with van der Waals surface area (Å²) in [6.45, 7) is 5.62. The number of benzene rings is 1. The zero-order valence-corrected chi connectivity index (χ0v) is 15.6. The predicted molar refractivity (Wildman–Crippen MR) is 106 cm³/mol. The molecule has 1 N–H and O–H groups in total. The van der Waals surface area contributed by atoms with Gasteiger partial charge < -0.3 is 10.2 Å². The van der Waals surface area contributed by atoms with Crippen LogP contribution in [0.5, 0.6) is 0 Å². The van der Waals surface area contributed by atoms with Gasteiger partial charge in [0.25, 0.3) is 5.91 Å². The van der Waals surface area contributed by atoms with Gasteiger partial charge in [-0.25, -0.2) is 9.97 Å². The molecule has 3 heterocycles. The van der Waals surface area contributed by atoms with Gasteiger partial charge in [0.15, 0.2) is 0 Å². The van der Waals surface area contributed by atoms with Crippen molar-refractivity contribution in [2.45, 2.75) is 26.7 Å². The number of hydrogen-bond donors (Lipinski definition) is 1. The number of rotatable bonds is 3. The summed E-state index contributed by atoms with van der Waals surface area (Å²) in [5.41, 5.74) is 2.17. The minimum absolute atomic E-state index is 0.0218. The van der Waals surface area contributed by atoms with E-state index in [9.17, 15) is 4.79 Å².